The summed E-state index contributed by atoms with van der Waals surface area (Å²) in [6.07, 6.45) is 2.75. The molecule has 0 spiro atoms. The van der Waals surface area contributed by atoms with E-state index in [4.69, 9.17) is 4.74 Å². The Labute approximate surface area is 157 Å². The van der Waals surface area contributed by atoms with Crippen molar-refractivity contribution in [3.63, 3.8) is 0 Å². The predicted octanol–water partition coefficient (Wildman–Crippen LogP) is 1.96. The van der Waals surface area contributed by atoms with Gasteiger partial charge in [-0.1, -0.05) is 24.3 Å². The summed E-state index contributed by atoms with van der Waals surface area (Å²) in [5, 5.41) is 6.59. The molecular weight excluding hydrogens is 326 g/mol. The molecule has 2 N–H and O–H groups in total. The number of ether oxygens (including phenoxy) is 1. The fourth-order valence-corrected chi connectivity index (χ4v) is 4.23. The largest absolute Gasteiger partial charge is 0.384 e. The molecule has 26 heavy (non-hydrogen) atoms. The fraction of sp³-hybridized carbons (Fsp3) is 0.667. The van der Waals surface area contributed by atoms with Gasteiger partial charge in [0.05, 0.1) is 12.0 Å². The van der Waals surface area contributed by atoms with Gasteiger partial charge in [0.2, 0.25) is 5.91 Å². The van der Waals surface area contributed by atoms with E-state index < -0.39 is 0 Å². The molecule has 2 aliphatic rings. The third-order valence-electron chi connectivity index (χ3n) is 6.13. The summed E-state index contributed by atoms with van der Waals surface area (Å²) in [6.45, 7) is 9.36. The van der Waals surface area contributed by atoms with E-state index in [0.29, 0.717) is 13.2 Å². The van der Waals surface area contributed by atoms with Crippen LogP contribution < -0.4 is 10.6 Å². The van der Waals surface area contributed by atoms with Gasteiger partial charge >= 0.3 is 0 Å². The lowest BCUT2D eigenvalue weighted by atomic mass is 9.78. The number of amides is 1. The van der Waals surface area contributed by atoms with Crippen molar-refractivity contribution in [3.05, 3.63) is 35.4 Å². The Kier molecular flexibility index (Phi) is 6.00. The Hall–Kier alpha value is -1.43. The topological polar surface area (TPSA) is 53.6 Å². The minimum Gasteiger partial charge on any atom is -0.384 e. The van der Waals surface area contributed by atoms with Crippen LogP contribution in [-0.4, -0.2) is 56.2 Å². The van der Waals surface area contributed by atoms with Crippen LogP contribution in [0.3, 0.4) is 0 Å². The standard InChI is InChI=1S/C21H33N3O2/c1-20(2,24-13-8-17-6-4-5-7-18(17)14-24)15-23-19(25)21(16-26-3)9-11-22-12-10-21/h4-7,22H,8-16H2,1-3H3,(H,23,25). The van der Waals surface area contributed by atoms with Crippen LogP contribution >= 0.6 is 0 Å². The predicted molar refractivity (Wildman–Crippen MR) is 104 cm³/mol. The SMILES string of the molecule is COCC1(C(=O)NCC(C)(C)N2CCc3ccccc3C2)CCNCC1. The molecule has 2 aliphatic heterocycles. The van der Waals surface area contributed by atoms with E-state index in [2.05, 4.69) is 53.6 Å². The van der Waals surface area contributed by atoms with Crippen molar-refractivity contribution in [2.45, 2.75) is 45.2 Å². The molecule has 2 heterocycles. The number of fused-ring (bicyclic) bond motifs is 1. The zero-order valence-electron chi connectivity index (χ0n) is 16.4. The van der Waals surface area contributed by atoms with Crippen LogP contribution in [0.1, 0.15) is 37.8 Å². The van der Waals surface area contributed by atoms with Crippen molar-refractivity contribution in [2.75, 3.05) is 39.9 Å². The average molecular weight is 360 g/mol. The molecule has 1 aromatic rings. The summed E-state index contributed by atoms with van der Waals surface area (Å²) in [6, 6.07) is 8.68. The van der Waals surface area contributed by atoms with Crippen molar-refractivity contribution >= 4 is 5.91 Å². The highest BCUT2D eigenvalue weighted by molar-refractivity contribution is 5.83. The summed E-state index contributed by atoms with van der Waals surface area (Å²) < 4.78 is 5.39. The molecule has 0 atom stereocenters. The molecule has 0 unspecified atom stereocenters. The third kappa shape index (κ3) is 4.11. The zero-order chi connectivity index (χ0) is 18.6. The van der Waals surface area contributed by atoms with Gasteiger partial charge in [-0.15, -0.1) is 0 Å². The summed E-state index contributed by atoms with van der Waals surface area (Å²) >= 11 is 0. The first-order chi connectivity index (χ1) is 12.5. The number of rotatable bonds is 6. The van der Waals surface area contributed by atoms with Gasteiger partial charge in [0.25, 0.3) is 0 Å². The molecule has 1 saturated heterocycles. The number of nitrogens with one attached hydrogen (secondary N) is 2. The van der Waals surface area contributed by atoms with Gasteiger partial charge < -0.3 is 15.4 Å². The number of nitrogens with zero attached hydrogens (tertiary/aromatic N) is 1. The van der Waals surface area contributed by atoms with Crippen LogP contribution in [0.2, 0.25) is 0 Å². The molecule has 1 aromatic carbocycles. The number of carbonyl (C=O) groups is 1. The second-order valence-corrected chi connectivity index (χ2v) is 8.40. The molecule has 144 valence electrons. The quantitative estimate of drug-likeness (QED) is 0.815. The maximum atomic E-state index is 13.0. The normalized spacial score (nSPS) is 20.4. The van der Waals surface area contributed by atoms with Crippen LogP contribution in [0.5, 0.6) is 0 Å². The summed E-state index contributed by atoms with van der Waals surface area (Å²) in [5.74, 6) is 0.145. The first kappa shape index (κ1) is 19.3. The van der Waals surface area contributed by atoms with Gasteiger partial charge in [0.1, 0.15) is 0 Å². The fourth-order valence-electron chi connectivity index (χ4n) is 4.23. The van der Waals surface area contributed by atoms with E-state index in [1.807, 2.05) is 0 Å². The highest BCUT2D eigenvalue weighted by Crippen LogP contribution is 2.30. The second kappa shape index (κ2) is 8.07. The minimum atomic E-state index is -0.384. The molecule has 0 radical (unpaired) electrons. The van der Waals surface area contributed by atoms with Gasteiger partial charge in [-0.3, -0.25) is 9.69 Å². The maximum absolute atomic E-state index is 13.0. The van der Waals surface area contributed by atoms with E-state index in [1.54, 1.807) is 7.11 Å². The van der Waals surface area contributed by atoms with Crippen molar-refractivity contribution in [3.8, 4) is 0 Å². The molecule has 0 bridgehead atoms. The molecule has 5 nitrogen and oxygen atoms in total. The van der Waals surface area contributed by atoms with Gasteiger partial charge in [-0.05, 0) is 57.3 Å². The number of hydrogen-bond acceptors (Lipinski definition) is 4. The first-order valence-corrected chi connectivity index (χ1v) is 9.77. The average Bonchev–Trinajstić information content (AvgIpc) is 2.66. The van der Waals surface area contributed by atoms with Gasteiger partial charge in [-0.2, -0.15) is 0 Å². The van der Waals surface area contributed by atoms with E-state index in [9.17, 15) is 4.79 Å². The van der Waals surface area contributed by atoms with Gasteiger partial charge in [-0.25, -0.2) is 0 Å². The molecule has 1 fully saturated rings. The van der Waals surface area contributed by atoms with Gasteiger partial charge in [0, 0.05) is 32.3 Å². The van der Waals surface area contributed by atoms with Crippen molar-refractivity contribution in [1.82, 2.24) is 15.5 Å². The number of methoxy groups -OCH3 is 1. The second-order valence-electron chi connectivity index (χ2n) is 8.40. The highest BCUT2D eigenvalue weighted by atomic mass is 16.5. The summed E-state index contributed by atoms with van der Waals surface area (Å²) in [7, 11) is 1.69. The van der Waals surface area contributed by atoms with Crippen molar-refractivity contribution in [2.24, 2.45) is 5.41 Å². The molecule has 0 aliphatic carbocycles. The van der Waals surface area contributed by atoms with E-state index in [0.717, 1.165) is 45.4 Å². The monoisotopic (exact) mass is 359 g/mol. The third-order valence-corrected chi connectivity index (χ3v) is 6.13. The number of hydrogen-bond donors (Lipinski definition) is 2. The number of piperidine rings is 1. The minimum absolute atomic E-state index is 0.0790. The van der Waals surface area contributed by atoms with E-state index in [-0.39, 0.29) is 16.9 Å². The molecule has 0 saturated carbocycles. The van der Waals surface area contributed by atoms with Crippen LogP contribution in [0, 0.1) is 5.41 Å². The lowest BCUT2D eigenvalue weighted by Crippen LogP contribution is -2.56. The molecule has 3 rings (SSSR count). The smallest absolute Gasteiger partial charge is 0.228 e. The van der Waals surface area contributed by atoms with Crippen LogP contribution in [-0.2, 0) is 22.5 Å². The first-order valence-electron chi connectivity index (χ1n) is 9.77. The van der Waals surface area contributed by atoms with Crippen LogP contribution in [0.25, 0.3) is 0 Å². The van der Waals surface area contributed by atoms with Crippen LogP contribution in [0.15, 0.2) is 24.3 Å². The molecule has 1 amide bonds. The van der Waals surface area contributed by atoms with E-state index in [1.165, 1.54) is 11.1 Å². The van der Waals surface area contributed by atoms with Crippen molar-refractivity contribution < 1.29 is 9.53 Å². The summed E-state index contributed by atoms with van der Waals surface area (Å²) in [5.41, 5.74) is 2.40. The Morgan fingerprint density at radius 2 is 1.96 bits per heavy atom. The molecule has 5 heteroatoms. The number of benzene rings is 1. The maximum Gasteiger partial charge on any atom is 0.228 e. The Bertz CT molecular complexity index is 618. The van der Waals surface area contributed by atoms with Crippen LogP contribution in [0.4, 0.5) is 0 Å². The highest BCUT2D eigenvalue weighted by Gasteiger charge is 2.40. The number of carbonyl (C=O) groups excluding carboxylic acids is 1. The van der Waals surface area contributed by atoms with E-state index >= 15 is 0 Å². The van der Waals surface area contributed by atoms with Crippen molar-refractivity contribution in [1.29, 1.82) is 0 Å². The lowest BCUT2D eigenvalue weighted by Gasteiger charge is -2.43. The molecular formula is C21H33N3O2. The lowest BCUT2D eigenvalue weighted by molar-refractivity contribution is -0.136. The molecule has 0 aromatic heterocycles. The Morgan fingerprint density at radius 1 is 1.27 bits per heavy atom. The Morgan fingerprint density at radius 3 is 2.65 bits per heavy atom. The summed E-state index contributed by atoms with van der Waals surface area (Å²) in [4.78, 5) is 15.5. The van der Waals surface area contributed by atoms with Gasteiger partial charge in [0.15, 0.2) is 0 Å². The Balaban J connectivity index is 1.61. The zero-order valence-corrected chi connectivity index (χ0v) is 16.4.